The minimum atomic E-state index is -3.50. The van der Waals surface area contributed by atoms with Gasteiger partial charge in [0.15, 0.2) is 0 Å². The molecule has 2 aromatic rings. The van der Waals surface area contributed by atoms with Crippen LogP contribution in [0.5, 0.6) is 11.5 Å². The van der Waals surface area contributed by atoms with Crippen molar-refractivity contribution in [2.45, 2.75) is 11.4 Å². The first-order valence-electron chi connectivity index (χ1n) is 8.89. The van der Waals surface area contributed by atoms with Gasteiger partial charge in [0.1, 0.15) is 11.5 Å². The van der Waals surface area contributed by atoms with Crippen LogP contribution in [0.2, 0.25) is 0 Å². The van der Waals surface area contributed by atoms with Crippen molar-refractivity contribution in [3.05, 3.63) is 48.0 Å². The molecule has 0 aliphatic heterocycles. The Balaban J connectivity index is 1.97. The second-order valence-corrected chi connectivity index (χ2v) is 8.86. The average molecular weight is 422 g/mol. The summed E-state index contributed by atoms with van der Waals surface area (Å²) in [6.07, 6.45) is 0. The lowest BCUT2D eigenvalue weighted by atomic mass is 10.2. The lowest BCUT2D eigenvalue weighted by Gasteiger charge is -2.18. The monoisotopic (exact) mass is 421 g/mol. The number of carbonyl (C=O) groups excluding carboxylic acids is 1. The van der Waals surface area contributed by atoms with Crippen LogP contribution in [0.25, 0.3) is 0 Å². The number of amides is 1. The second-order valence-electron chi connectivity index (χ2n) is 6.71. The van der Waals surface area contributed by atoms with Crippen LogP contribution in [0.15, 0.2) is 47.4 Å². The van der Waals surface area contributed by atoms with Crippen molar-refractivity contribution in [3.63, 3.8) is 0 Å². The Labute approximate surface area is 172 Å². The zero-order valence-electron chi connectivity index (χ0n) is 17.3. The molecule has 0 unspecified atom stereocenters. The van der Waals surface area contributed by atoms with Crippen LogP contribution in [0.1, 0.15) is 5.56 Å². The van der Waals surface area contributed by atoms with Crippen molar-refractivity contribution < 1.29 is 22.7 Å². The topological polar surface area (TPSA) is 88.2 Å². The van der Waals surface area contributed by atoms with E-state index in [1.165, 1.54) is 26.2 Å². The number of benzene rings is 2. The Morgan fingerprint density at radius 3 is 2.21 bits per heavy atom. The van der Waals surface area contributed by atoms with Crippen molar-refractivity contribution in [1.29, 1.82) is 0 Å². The summed E-state index contributed by atoms with van der Waals surface area (Å²) in [6, 6.07) is 11.6. The first kappa shape index (κ1) is 22.7. The molecule has 29 heavy (non-hydrogen) atoms. The fourth-order valence-electron chi connectivity index (χ4n) is 2.70. The quantitative estimate of drug-likeness (QED) is 0.667. The number of sulfonamides is 1. The molecule has 2 aromatic carbocycles. The molecule has 0 aliphatic rings. The van der Waals surface area contributed by atoms with E-state index in [-0.39, 0.29) is 17.3 Å². The van der Waals surface area contributed by atoms with Crippen LogP contribution in [-0.2, 0) is 21.4 Å². The largest absolute Gasteiger partial charge is 0.497 e. The van der Waals surface area contributed by atoms with Gasteiger partial charge >= 0.3 is 0 Å². The highest BCUT2D eigenvalue weighted by Gasteiger charge is 2.17. The lowest BCUT2D eigenvalue weighted by Crippen LogP contribution is -2.30. The molecule has 158 valence electrons. The normalized spacial score (nSPS) is 11.6. The fourth-order valence-corrected chi connectivity index (χ4v) is 3.60. The summed E-state index contributed by atoms with van der Waals surface area (Å²) in [6.45, 7) is 0.674. The van der Waals surface area contributed by atoms with Gasteiger partial charge in [0.25, 0.3) is 0 Å². The molecule has 0 atom stereocenters. The molecule has 0 aliphatic carbocycles. The lowest BCUT2D eigenvalue weighted by molar-refractivity contribution is -0.117. The van der Waals surface area contributed by atoms with Crippen LogP contribution in [0, 0.1) is 0 Å². The second kappa shape index (κ2) is 9.73. The number of methoxy groups -OCH3 is 2. The van der Waals surface area contributed by atoms with Crippen molar-refractivity contribution >= 4 is 21.6 Å². The number of rotatable bonds is 9. The number of hydrogen-bond acceptors (Lipinski definition) is 6. The minimum absolute atomic E-state index is 0.160. The number of nitrogens with one attached hydrogen (secondary N) is 1. The molecule has 0 radical (unpaired) electrons. The average Bonchev–Trinajstić information content (AvgIpc) is 2.68. The van der Waals surface area contributed by atoms with Gasteiger partial charge in [-0.2, -0.15) is 0 Å². The third-order valence-corrected chi connectivity index (χ3v) is 6.09. The summed E-state index contributed by atoms with van der Waals surface area (Å²) in [5.74, 6) is 1.18. The van der Waals surface area contributed by atoms with Gasteiger partial charge in [-0.25, -0.2) is 12.7 Å². The number of hydrogen-bond donors (Lipinski definition) is 1. The van der Waals surface area contributed by atoms with E-state index in [4.69, 9.17) is 9.47 Å². The Kier molecular flexibility index (Phi) is 7.60. The van der Waals surface area contributed by atoms with Gasteiger partial charge in [0, 0.05) is 38.0 Å². The van der Waals surface area contributed by atoms with Gasteiger partial charge in [-0.15, -0.1) is 0 Å². The Morgan fingerprint density at radius 1 is 1.00 bits per heavy atom. The highest BCUT2D eigenvalue weighted by atomic mass is 32.2. The van der Waals surface area contributed by atoms with Crippen molar-refractivity contribution in [2.24, 2.45) is 0 Å². The van der Waals surface area contributed by atoms with Crippen LogP contribution in [0.4, 0.5) is 5.69 Å². The maximum Gasteiger partial charge on any atom is 0.242 e. The van der Waals surface area contributed by atoms with Gasteiger partial charge < -0.3 is 14.8 Å². The van der Waals surface area contributed by atoms with E-state index in [1.807, 2.05) is 24.1 Å². The van der Waals surface area contributed by atoms with E-state index < -0.39 is 10.0 Å². The van der Waals surface area contributed by atoms with E-state index in [2.05, 4.69) is 5.32 Å². The zero-order chi connectivity index (χ0) is 21.6. The van der Waals surface area contributed by atoms with Crippen LogP contribution in [0.3, 0.4) is 0 Å². The molecule has 0 saturated heterocycles. The van der Waals surface area contributed by atoms with E-state index in [9.17, 15) is 13.2 Å². The molecular weight excluding hydrogens is 394 g/mol. The molecule has 0 fully saturated rings. The van der Waals surface area contributed by atoms with Crippen molar-refractivity contribution in [1.82, 2.24) is 9.21 Å². The molecule has 9 heteroatoms. The van der Waals surface area contributed by atoms with Gasteiger partial charge in [-0.3, -0.25) is 9.69 Å². The third-order valence-electron chi connectivity index (χ3n) is 4.26. The SMILES string of the molecule is COc1ccc(CN(C)CC(=O)Nc2ccc(S(=O)(=O)N(C)C)cc2)c(OC)c1. The number of carbonyl (C=O) groups is 1. The first-order chi connectivity index (χ1) is 13.7. The van der Waals surface area contributed by atoms with Gasteiger partial charge in [-0.1, -0.05) is 6.07 Å². The molecule has 0 aromatic heterocycles. The number of likely N-dealkylation sites (N-methyl/N-ethyl adjacent to an activating group) is 1. The van der Waals surface area contributed by atoms with Gasteiger partial charge in [0.2, 0.25) is 15.9 Å². The summed E-state index contributed by atoms with van der Waals surface area (Å²) in [4.78, 5) is 14.3. The Bertz CT molecular complexity index is 943. The van der Waals surface area contributed by atoms with Crippen LogP contribution >= 0.6 is 0 Å². The zero-order valence-corrected chi connectivity index (χ0v) is 18.1. The van der Waals surface area contributed by atoms with E-state index in [0.29, 0.717) is 23.7 Å². The molecule has 1 N–H and O–H groups in total. The summed E-state index contributed by atoms with van der Waals surface area (Å²) < 4.78 is 35.9. The van der Waals surface area contributed by atoms with Gasteiger partial charge in [-0.05, 0) is 37.4 Å². The minimum Gasteiger partial charge on any atom is -0.497 e. The molecular formula is C20H27N3O5S. The summed E-state index contributed by atoms with van der Waals surface area (Å²) in [5.41, 5.74) is 1.46. The van der Waals surface area contributed by atoms with Crippen LogP contribution < -0.4 is 14.8 Å². The highest BCUT2D eigenvalue weighted by Crippen LogP contribution is 2.25. The Hall–Kier alpha value is -2.62. The molecule has 1 amide bonds. The molecule has 0 saturated carbocycles. The maximum absolute atomic E-state index is 12.3. The van der Waals surface area contributed by atoms with E-state index in [0.717, 1.165) is 9.87 Å². The maximum atomic E-state index is 12.3. The van der Waals surface area contributed by atoms with E-state index in [1.54, 1.807) is 32.4 Å². The fraction of sp³-hybridized carbons (Fsp3) is 0.350. The molecule has 0 spiro atoms. The molecule has 0 heterocycles. The standard InChI is InChI=1S/C20H27N3O5S/c1-22(2)29(25,26)18-10-7-16(8-11-18)21-20(24)14-23(3)13-15-6-9-17(27-4)12-19(15)28-5/h6-12H,13-14H2,1-5H3,(H,21,24). The number of ether oxygens (including phenoxy) is 2. The van der Waals surface area contributed by atoms with E-state index >= 15 is 0 Å². The summed E-state index contributed by atoms with van der Waals surface area (Å²) >= 11 is 0. The van der Waals surface area contributed by atoms with Crippen molar-refractivity contribution in [2.75, 3.05) is 47.2 Å². The molecule has 8 nitrogen and oxygen atoms in total. The smallest absolute Gasteiger partial charge is 0.242 e. The number of anilines is 1. The van der Waals surface area contributed by atoms with Gasteiger partial charge in [0.05, 0.1) is 25.7 Å². The summed E-state index contributed by atoms with van der Waals surface area (Å²) in [5, 5.41) is 2.77. The third kappa shape index (κ3) is 5.93. The first-order valence-corrected chi connectivity index (χ1v) is 10.3. The molecule has 0 bridgehead atoms. The van der Waals surface area contributed by atoms with Crippen LogP contribution in [-0.4, -0.2) is 65.4 Å². The predicted octanol–water partition coefficient (Wildman–Crippen LogP) is 2.02. The van der Waals surface area contributed by atoms with Crippen molar-refractivity contribution in [3.8, 4) is 11.5 Å². The highest BCUT2D eigenvalue weighted by molar-refractivity contribution is 7.89. The Morgan fingerprint density at radius 2 is 1.66 bits per heavy atom. The predicted molar refractivity (Wildman–Crippen MR) is 112 cm³/mol. The molecule has 2 rings (SSSR count). The summed E-state index contributed by atoms with van der Waals surface area (Å²) in [7, 11) is 4.45. The number of nitrogens with zero attached hydrogens (tertiary/aromatic N) is 2.